The van der Waals surface area contributed by atoms with E-state index in [-0.39, 0.29) is 12.0 Å². The van der Waals surface area contributed by atoms with Gasteiger partial charge in [-0.05, 0) is 29.8 Å². The molecule has 0 fully saturated rings. The molecule has 154 valence electrons. The fraction of sp³-hybridized carbons (Fsp3) is 0.0833. The van der Waals surface area contributed by atoms with Crippen LogP contribution in [0.3, 0.4) is 0 Å². The average molecular weight is 413 g/mol. The second-order valence-corrected chi connectivity index (χ2v) is 7.04. The number of nitrogens with one attached hydrogen (secondary N) is 1. The number of anilines is 1. The van der Waals surface area contributed by atoms with Crippen molar-refractivity contribution in [1.82, 2.24) is 9.55 Å². The molecule has 1 amide bonds. The number of carboxylic acid groups (broad SMARTS) is 1. The molecule has 0 aliphatic heterocycles. The standard InChI is InChI=1S/C24H19N3O4/c28-14-17-8-4-5-9-19(17)24(31)26-18-10-11-21-20(12-18)25-15-27(21)22(13-23(29)30)16-6-2-1-3-7-16/h1-12,14-15,22H,13H2,(H,26,31)(H,29,30). The molecule has 7 nitrogen and oxygen atoms in total. The molecule has 0 spiro atoms. The van der Waals surface area contributed by atoms with E-state index in [1.54, 1.807) is 48.8 Å². The van der Waals surface area contributed by atoms with Gasteiger partial charge >= 0.3 is 5.97 Å². The molecule has 7 heteroatoms. The minimum Gasteiger partial charge on any atom is -0.481 e. The number of hydrogen-bond donors (Lipinski definition) is 2. The van der Waals surface area contributed by atoms with Gasteiger partial charge in [0.1, 0.15) is 0 Å². The highest BCUT2D eigenvalue weighted by Crippen LogP contribution is 2.28. The summed E-state index contributed by atoms with van der Waals surface area (Å²) < 4.78 is 1.83. The van der Waals surface area contributed by atoms with Crippen LogP contribution in [0, 0.1) is 0 Å². The summed E-state index contributed by atoms with van der Waals surface area (Å²) >= 11 is 0. The van der Waals surface area contributed by atoms with Gasteiger partial charge in [0.2, 0.25) is 0 Å². The molecule has 0 saturated heterocycles. The van der Waals surface area contributed by atoms with E-state index in [4.69, 9.17) is 0 Å². The van der Waals surface area contributed by atoms with E-state index >= 15 is 0 Å². The van der Waals surface area contributed by atoms with Gasteiger partial charge in [-0.15, -0.1) is 0 Å². The lowest BCUT2D eigenvalue weighted by Gasteiger charge is -2.18. The maximum Gasteiger partial charge on any atom is 0.305 e. The third-order valence-electron chi connectivity index (χ3n) is 5.05. The summed E-state index contributed by atoms with van der Waals surface area (Å²) in [4.78, 5) is 39.7. The number of nitrogens with zero attached hydrogens (tertiary/aromatic N) is 2. The van der Waals surface area contributed by atoms with E-state index in [9.17, 15) is 19.5 Å². The molecule has 0 aliphatic carbocycles. The fourth-order valence-electron chi connectivity index (χ4n) is 3.58. The Morgan fingerprint density at radius 3 is 2.52 bits per heavy atom. The predicted octanol–water partition coefficient (Wildman–Crippen LogP) is 4.17. The first-order valence-corrected chi connectivity index (χ1v) is 9.65. The van der Waals surface area contributed by atoms with Gasteiger partial charge in [0.05, 0.1) is 35.4 Å². The van der Waals surface area contributed by atoms with Crippen molar-refractivity contribution < 1.29 is 19.5 Å². The second-order valence-electron chi connectivity index (χ2n) is 7.04. The number of aliphatic carboxylic acids is 1. The largest absolute Gasteiger partial charge is 0.481 e. The van der Waals surface area contributed by atoms with Gasteiger partial charge in [-0.1, -0.05) is 48.5 Å². The van der Waals surface area contributed by atoms with E-state index in [0.717, 1.165) is 11.1 Å². The van der Waals surface area contributed by atoms with Crippen LogP contribution in [0.1, 0.15) is 38.7 Å². The Balaban J connectivity index is 1.65. The Kier molecular flexibility index (Phi) is 5.57. The molecule has 2 N–H and O–H groups in total. The number of amides is 1. The number of aromatic nitrogens is 2. The number of carbonyl (C=O) groups excluding carboxylic acids is 2. The van der Waals surface area contributed by atoms with Gasteiger partial charge in [-0.2, -0.15) is 0 Å². The number of aldehydes is 1. The minimum absolute atomic E-state index is 0.0869. The van der Waals surface area contributed by atoms with Crippen molar-refractivity contribution in [3.63, 3.8) is 0 Å². The van der Waals surface area contributed by atoms with E-state index < -0.39 is 17.9 Å². The summed E-state index contributed by atoms with van der Waals surface area (Å²) in [6.45, 7) is 0. The highest BCUT2D eigenvalue weighted by Gasteiger charge is 2.20. The number of rotatable bonds is 7. The smallest absolute Gasteiger partial charge is 0.305 e. The molecule has 0 bridgehead atoms. The highest BCUT2D eigenvalue weighted by molar-refractivity contribution is 6.09. The molecule has 1 unspecified atom stereocenters. The SMILES string of the molecule is O=Cc1ccccc1C(=O)Nc1ccc2c(c1)ncn2C(CC(=O)O)c1ccccc1. The van der Waals surface area contributed by atoms with Crippen LogP contribution in [0.5, 0.6) is 0 Å². The Morgan fingerprint density at radius 1 is 1.03 bits per heavy atom. The van der Waals surface area contributed by atoms with E-state index in [0.29, 0.717) is 23.1 Å². The summed E-state index contributed by atoms with van der Waals surface area (Å²) in [5.74, 6) is -1.30. The zero-order valence-electron chi connectivity index (χ0n) is 16.4. The van der Waals surface area contributed by atoms with Crippen molar-refractivity contribution in [2.24, 2.45) is 0 Å². The Labute approximate surface area is 178 Å². The molecule has 1 atom stereocenters. The van der Waals surface area contributed by atoms with Gasteiger partial charge in [0, 0.05) is 11.3 Å². The quantitative estimate of drug-likeness (QED) is 0.443. The Hall–Kier alpha value is -4.26. The van der Waals surface area contributed by atoms with Crippen molar-refractivity contribution in [2.45, 2.75) is 12.5 Å². The van der Waals surface area contributed by atoms with Crippen LogP contribution >= 0.6 is 0 Å². The second kappa shape index (κ2) is 8.62. The van der Waals surface area contributed by atoms with Gasteiger partial charge in [0.25, 0.3) is 5.91 Å². The lowest BCUT2D eigenvalue weighted by atomic mass is 10.0. The van der Waals surface area contributed by atoms with Crippen molar-refractivity contribution >= 4 is 34.9 Å². The van der Waals surface area contributed by atoms with Crippen molar-refractivity contribution in [3.05, 3.63) is 95.8 Å². The van der Waals surface area contributed by atoms with E-state index in [1.807, 2.05) is 34.9 Å². The van der Waals surface area contributed by atoms with Crippen LogP contribution < -0.4 is 5.32 Å². The zero-order valence-corrected chi connectivity index (χ0v) is 16.4. The van der Waals surface area contributed by atoms with Gasteiger partial charge in [-0.3, -0.25) is 14.4 Å². The number of carboxylic acids is 1. The third kappa shape index (κ3) is 4.20. The summed E-state index contributed by atoms with van der Waals surface area (Å²) in [5, 5.41) is 12.2. The normalized spacial score (nSPS) is 11.7. The first-order valence-electron chi connectivity index (χ1n) is 9.65. The van der Waals surface area contributed by atoms with E-state index in [1.165, 1.54) is 0 Å². The number of hydrogen-bond acceptors (Lipinski definition) is 4. The maximum atomic E-state index is 12.6. The van der Waals surface area contributed by atoms with Crippen LogP contribution in [-0.4, -0.2) is 32.8 Å². The van der Waals surface area contributed by atoms with Crippen LogP contribution in [0.15, 0.2) is 79.1 Å². The van der Waals surface area contributed by atoms with Gasteiger partial charge in [-0.25, -0.2) is 4.98 Å². The molecule has 0 aliphatic rings. The number of carbonyl (C=O) groups is 3. The Bertz CT molecular complexity index is 1260. The highest BCUT2D eigenvalue weighted by atomic mass is 16.4. The number of benzene rings is 3. The molecule has 0 radical (unpaired) electrons. The fourth-order valence-corrected chi connectivity index (χ4v) is 3.58. The third-order valence-corrected chi connectivity index (χ3v) is 5.05. The lowest BCUT2D eigenvalue weighted by molar-refractivity contribution is -0.137. The van der Waals surface area contributed by atoms with Crippen LogP contribution in [0.4, 0.5) is 5.69 Å². The van der Waals surface area contributed by atoms with Gasteiger partial charge in [0.15, 0.2) is 6.29 Å². The molecular formula is C24H19N3O4. The van der Waals surface area contributed by atoms with Crippen LogP contribution in [0.2, 0.25) is 0 Å². The number of imidazole rings is 1. The van der Waals surface area contributed by atoms with Crippen LogP contribution in [0.25, 0.3) is 11.0 Å². The maximum absolute atomic E-state index is 12.6. The molecule has 1 aromatic heterocycles. The zero-order chi connectivity index (χ0) is 21.8. The van der Waals surface area contributed by atoms with Gasteiger partial charge < -0.3 is 15.0 Å². The molecule has 1 heterocycles. The monoisotopic (exact) mass is 413 g/mol. The first kappa shape index (κ1) is 20.0. The summed E-state index contributed by atoms with van der Waals surface area (Å²) in [5.41, 5.74) is 3.36. The summed E-state index contributed by atoms with van der Waals surface area (Å²) in [6.07, 6.45) is 2.17. The summed E-state index contributed by atoms with van der Waals surface area (Å²) in [7, 11) is 0. The molecule has 3 aromatic carbocycles. The molecule has 4 aromatic rings. The average Bonchev–Trinajstić information content (AvgIpc) is 3.20. The van der Waals surface area contributed by atoms with Crippen molar-refractivity contribution in [2.75, 3.05) is 5.32 Å². The summed E-state index contributed by atoms with van der Waals surface area (Å²) in [6, 6.07) is 20.8. The lowest BCUT2D eigenvalue weighted by Crippen LogP contribution is -2.15. The minimum atomic E-state index is -0.909. The van der Waals surface area contributed by atoms with Crippen molar-refractivity contribution in [1.29, 1.82) is 0 Å². The van der Waals surface area contributed by atoms with E-state index in [2.05, 4.69) is 10.3 Å². The molecular weight excluding hydrogens is 394 g/mol. The molecule has 31 heavy (non-hydrogen) atoms. The first-order chi connectivity index (χ1) is 15.1. The molecule has 4 rings (SSSR count). The van der Waals surface area contributed by atoms with Crippen LogP contribution in [-0.2, 0) is 4.79 Å². The van der Waals surface area contributed by atoms with Crippen molar-refractivity contribution in [3.8, 4) is 0 Å². The molecule has 0 saturated carbocycles. The number of fused-ring (bicyclic) bond motifs is 1. The predicted molar refractivity (Wildman–Crippen MR) is 116 cm³/mol. The Morgan fingerprint density at radius 2 is 1.77 bits per heavy atom. The topological polar surface area (TPSA) is 101 Å².